The molecule has 1 heterocycles. The lowest BCUT2D eigenvalue weighted by molar-refractivity contribution is 0.0312. The molecule has 4 nitrogen and oxygen atoms in total. The molecule has 0 aliphatic rings. The van der Waals surface area contributed by atoms with E-state index in [1.165, 1.54) is 4.68 Å². The van der Waals surface area contributed by atoms with Gasteiger partial charge in [0.1, 0.15) is 11.8 Å². The highest BCUT2D eigenvalue weighted by Crippen LogP contribution is 2.23. The first kappa shape index (κ1) is 11.0. The van der Waals surface area contributed by atoms with Gasteiger partial charge in [0.25, 0.3) is 0 Å². The molecule has 0 bridgehead atoms. The summed E-state index contributed by atoms with van der Waals surface area (Å²) in [6.45, 7) is 0. The molecule has 13 heavy (non-hydrogen) atoms. The summed E-state index contributed by atoms with van der Waals surface area (Å²) in [5.41, 5.74) is 0.302. The van der Waals surface area contributed by atoms with E-state index in [1.54, 1.807) is 13.2 Å². The molecule has 2 unspecified atom stereocenters. The highest BCUT2D eigenvalue weighted by atomic mass is 79.9. The summed E-state index contributed by atoms with van der Waals surface area (Å²) in [5.74, 6) is 0. The summed E-state index contributed by atoms with van der Waals surface area (Å²) >= 11 is 8.83. The molecular weight excluding hydrogens is 259 g/mol. The number of rotatable bonds is 3. The van der Waals surface area contributed by atoms with Gasteiger partial charge in [-0.1, -0.05) is 27.5 Å². The lowest BCUT2D eigenvalue weighted by Gasteiger charge is -2.12. The van der Waals surface area contributed by atoms with Crippen LogP contribution in [0.5, 0.6) is 0 Å². The van der Waals surface area contributed by atoms with Crippen LogP contribution in [0.25, 0.3) is 0 Å². The molecule has 1 rings (SSSR count). The Balaban J connectivity index is 2.87. The quantitative estimate of drug-likeness (QED) is 0.800. The van der Waals surface area contributed by atoms with Crippen LogP contribution in [0, 0.1) is 0 Å². The maximum atomic E-state index is 9.54. The van der Waals surface area contributed by atoms with E-state index >= 15 is 0 Å². The van der Waals surface area contributed by atoms with Crippen LogP contribution in [0.2, 0.25) is 5.02 Å². The minimum Gasteiger partial charge on any atom is -0.389 e. The lowest BCUT2D eigenvalue weighted by Crippen LogP contribution is -2.20. The number of nitrogens with zero attached hydrogens (tertiary/aromatic N) is 2. The largest absolute Gasteiger partial charge is 0.389 e. The van der Waals surface area contributed by atoms with Crippen LogP contribution in [0.3, 0.4) is 0 Å². The Kier molecular flexibility index (Phi) is 3.73. The Morgan fingerprint density at radius 2 is 2.31 bits per heavy atom. The second kappa shape index (κ2) is 4.41. The SMILES string of the molecule is Cn1cc(Cl)c(C(O)C(O)CBr)n1. The van der Waals surface area contributed by atoms with Crippen molar-refractivity contribution < 1.29 is 10.2 Å². The van der Waals surface area contributed by atoms with Gasteiger partial charge in [0.05, 0.1) is 11.1 Å². The zero-order valence-corrected chi connectivity index (χ0v) is 9.33. The summed E-state index contributed by atoms with van der Waals surface area (Å²) in [4.78, 5) is 0. The number of aromatic nitrogens is 2. The number of aryl methyl sites for hydroxylation is 1. The average Bonchev–Trinajstić information content (AvgIpc) is 2.42. The van der Waals surface area contributed by atoms with E-state index in [-0.39, 0.29) is 5.33 Å². The summed E-state index contributed by atoms with van der Waals surface area (Å²) in [7, 11) is 1.70. The summed E-state index contributed by atoms with van der Waals surface area (Å²) in [6.07, 6.45) is -0.374. The van der Waals surface area contributed by atoms with Gasteiger partial charge in [-0.15, -0.1) is 0 Å². The number of aliphatic hydroxyl groups is 2. The van der Waals surface area contributed by atoms with Crippen LogP contribution < -0.4 is 0 Å². The predicted octanol–water partition coefficient (Wildman–Crippen LogP) is 0.863. The topological polar surface area (TPSA) is 58.3 Å². The van der Waals surface area contributed by atoms with Crippen LogP contribution in [0.15, 0.2) is 6.20 Å². The van der Waals surface area contributed by atoms with E-state index in [1.807, 2.05) is 0 Å². The number of hydrogen-bond acceptors (Lipinski definition) is 3. The smallest absolute Gasteiger partial charge is 0.126 e. The summed E-state index contributed by atoms with van der Waals surface area (Å²) in [6, 6.07) is 0. The minimum atomic E-state index is -1.05. The summed E-state index contributed by atoms with van der Waals surface area (Å²) < 4.78 is 1.49. The van der Waals surface area contributed by atoms with Crippen molar-refractivity contribution in [3.8, 4) is 0 Å². The normalized spacial score (nSPS) is 15.8. The van der Waals surface area contributed by atoms with Gasteiger partial charge in [-0.25, -0.2) is 0 Å². The molecule has 1 aromatic rings. The number of hydrogen-bond donors (Lipinski definition) is 2. The molecule has 0 aliphatic heterocycles. The molecule has 0 radical (unpaired) electrons. The van der Waals surface area contributed by atoms with Crippen molar-refractivity contribution in [1.29, 1.82) is 0 Å². The zero-order chi connectivity index (χ0) is 10.0. The monoisotopic (exact) mass is 268 g/mol. The van der Waals surface area contributed by atoms with Crippen LogP contribution in [-0.4, -0.2) is 31.4 Å². The molecule has 2 N–H and O–H groups in total. The Bertz CT molecular complexity index is 292. The third-order valence-corrected chi connectivity index (χ3v) is 2.57. The number of alkyl halides is 1. The van der Waals surface area contributed by atoms with E-state index in [0.29, 0.717) is 10.7 Å². The molecule has 0 amide bonds. The maximum Gasteiger partial charge on any atom is 0.126 e. The standard InChI is InChI=1S/C7H10BrClN2O2/c1-11-3-4(9)6(10-11)7(13)5(12)2-8/h3,5,7,12-13H,2H2,1H3. The van der Waals surface area contributed by atoms with E-state index in [0.717, 1.165) is 0 Å². The van der Waals surface area contributed by atoms with Gasteiger partial charge < -0.3 is 10.2 Å². The van der Waals surface area contributed by atoms with Crippen molar-refractivity contribution in [3.05, 3.63) is 16.9 Å². The van der Waals surface area contributed by atoms with Crippen LogP contribution in [-0.2, 0) is 7.05 Å². The third kappa shape index (κ3) is 2.43. The molecule has 0 saturated carbocycles. The molecule has 0 aliphatic carbocycles. The second-order valence-corrected chi connectivity index (χ2v) is 3.76. The number of aliphatic hydroxyl groups excluding tert-OH is 2. The highest BCUT2D eigenvalue weighted by molar-refractivity contribution is 9.09. The van der Waals surface area contributed by atoms with Crippen LogP contribution >= 0.6 is 27.5 Å². The number of halogens is 2. The fourth-order valence-corrected chi connectivity index (χ4v) is 1.59. The van der Waals surface area contributed by atoms with Crippen molar-refractivity contribution >= 4 is 27.5 Å². The van der Waals surface area contributed by atoms with Crippen molar-refractivity contribution in [2.75, 3.05) is 5.33 Å². The fourth-order valence-electron chi connectivity index (χ4n) is 0.944. The van der Waals surface area contributed by atoms with Crippen molar-refractivity contribution in [2.24, 2.45) is 7.05 Å². The van der Waals surface area contributed by atoms with Gasteiger partial charge in [-0.2, -0.15) is 5.10 Å². The van der Waals surface area contributed by atoms with E-state index in [4.69, 9.17) is 11.6 Å². The fraction of sp³-hybridized carbons (Fsp3) is 0.571. The molecule has 0 fully saturated rings. The van der Waals surface area contributed by atoms with Crippen molar-refractivity contribution in [1.82, 2.24) is 9.78 Å². The molecule has 74 valence electrons. The second-order valence-electron chi connectivity index (χ2n) is 2.70. The van der Waals surface area contributed by atoms with Crippen LogP contribution in [0.4, 0.5) is 0 Å². The predicted molar refractivity (Wildman–Crippen MR) is 53.0 cm³/mol. The van der Waals surface area contributed by atoms with E-state index < -0.39 is 12.2 Å². The first-order chi connectivity index (χ1) is 6.06. The third-order valence-electron chi connectivity index (χ3n) is 1.61. The van der Waals surface area contributed by atoms with Gasteiger partial charge in [-0.3, -0.25) is 4.68 Å². The summed E-state index contributed by atoms with van der Waals surface area (Å²) in [5, 5.41) is 23.4. The van der Waals surface area contributed by atoms with Gasteiger partial charge in [0.15, 0.2) is 0 Å². The van der Waals surface area contributed by atoms with Crippen molar-refractivity contribution in [2.45, 2.75) is 12.2 Å². The zero-order valence-electron chi connectivity index (χ0n) is 6.98. The van der Waals surface area contributed by atoms with Crippen molar-refractivity contribution in [3.63, 3.8) is 0 Å². The molecule has 6 heteroatoms. The molecule has 2 atom stereocenters. The van der Waals surface area contributed by atoms with Gasteiger partial charge >= 0.3 is 0 Å². The maximum absolute atomic E-state index is 9.54. The Morgan fingerprint density at radius 1 is 1.69 bits per heavy atom. The lowest BCUT2D eigenvalue weighted by atomic mass is 10.2. The van der Waals surface area contributed by atoms with Gasteiger partial charge in [0, 0.05) is 18.6 Å². The van der Waals surface area contributed by atoms with Crippen LogP contribution in [0.1, 0.15) is 11.8 Å². The molecule has 1 aromatic heterocycles. The minimum absolute atomic E-state index is 0.279. The average molecular weight is 270 g/mol. The molecule has 0 aromatic carbocycles. The van der Waals surface area contributed by atoms with E-state index in [9.17, 15) is 10.2 Å². The van der Waals surface area contributed by atoms with Gasteiger partial charge in [-0.05, 0) is 0 Å². The first-order valence-electron chi connectivity index (χ1n) is 3.67. The molecular formula is C7H10BrClN2O2. The first-order valence-corrected chi connectivity index (χ1v) is 5.17. The van der Waals surface area contributed by atoms with E-state index in [2.05, 4.69) is 21.0 Å². The van der Waals surface area contributed by atoms with Gasteiger partial charge in [0.2, 0.25) is 0 Å². The molecule has 0 saturated heterocycles. The Morgan fingerprint density at radius 3 is 2.69 bits per heavy atom. The Hall–Kier alpha value is -0.100. The molecule has 0 spiro atoms. The Labute approximate surface area is 89.3 Å². The highest BCUT2D eigenvalue weighted by Gasteiger charge is 2.22.